The Morgan fingerprint density at radius 1 is 1.38 bits per heavy atom. The maximum atomic E-state index is 12.4. The van der Waals surface area contributed by atoms with Crippen LogP contribution in [0.4, 0.5) is 0 Å². The molecular weight excluding hydrogens is 416 g/mol. The van der Waals surface area contributed by atoms with Crippen molar-refractivity contribution >= 4 is 33.2 Å². The Morgan fingerprint density at radius 2 is 2.15 bits per heavy atom. The molecule has 1 aliphatic heterocycles. The molecule has 0 saturated carbocycles. The number of aromatic nitrogens is 1. The first-order valence-electron chi connectivity index (χ1n) is 8.76. The summed E-state index contributed by atoms with van der Waals surface area (Å²) in [6.45, 7) is 4.30. The lowest BCUT2D eigenvalue weighted by molar-refractivity contribution is -0.121. The highest BCUT2D eigenvalue weighted by atomic mass is 79.9. The van der Waals surface area contributed by atoms with Gasteiger partial charge in [-0.3, -0.25) is 9.59 Å². The van der Waals surface area contributed by atoms with Gasteiger partial charge in [-0.25, -0.2) is 0 Å². The summed E-state index contributed by atoms with van der Waals surface area (Å²) >= 11 is 4.72. The van der Waals surface area contributed by atoms with Gasteiger partial charge in [0.05, 0.1) is 0 Å². The Labute approximate surface area is 165 Å². The maximum Gasteiger partial charge on any atom is 0.307 e. The molecule has 1 aromatic heterocycles. The highest BCUT2D eigenvalue weighted by Crippen LogP contribution is 2.35. The van der Waals surface area contributed by atoms with Crippen molar-refractivity contribution in [1.29, 1.82) is 0 Å². The van der Waals surface area contributed by atoms with Crippen LogP contribution in [-0.2, 0) is 21.5 Å². The predicted octanol–water partition coefficient (Wildman–Crippen LogP) is 3.24. The zero-order valence-corrected chi connectivity index (χ0v) is 17.2. The lowest BCUT2D eigenvalue weighted by atomic mass is 9.74. The Kier molecular flexibility index (Phi) is 6.32. The quantitative estimate of drug-likeness (QED) is 0.752. The molecule has 1 N–H and O–H groups in total. The minimum atomic E-state index is -0.104. The van der Waals surface area contributed by atoms with Gasteiger partial charge in [-0.05, 0) is 37.5 Å². The highest BCUT2D eigenvalue weighted by molar-refractivity contribution is 9.10. The van der Waals surface area contributed by atoms with Crippen LogP contribution < -0.4 is 10.2 Å². The largest absolute Gasteiger partial charge is 0.381 e. The van der Waals surface area contributed by atoms with Crippen molar-refractivity contribution in [2.24, 2.45) is 0 Å². The van der Waals surface area contributed by atoms with Crippen LogP contribution in [0.5, 0.6) is 0 Å². The van der Waals surface area contributed by atoms with Gasteiger partial charge < -0.3 is 14.6 Å². The van der Waals surface area contributed by atoms with Gasteiger partial charge in [0, 0.05) is 53.7 Å². The number of halogens is 1. The van der Waals surface area contributed by atoms with Crippen LogP contribution in [0, 0.1) is 6.92 Å². The number of nitrogens with one attached hydrogen (secondary N) is 1. The smallest absolute Gasteiger partial charge is 0.307 e. The fraction of sp³-hybridized carbons (Fsp3) is 0.474. The van der Waals surface area contributed by atoms with Crippen LogP contribution in [0.25, 0.3) is 0 Å². The number of rotatable bonds is 6. The molecule has 0 bridgehead atoms. The van der Waals surface area contributed by atoms with Crippen LogP contribution >= 0.6 is 27.3 Å². The van der Waals surface area contributed by atoms with E-state index in [1.165, 1.54) is 16.9 Å². The van der Waals surface area contributed by atoms with Gasteiger partial charge in [-0.2, -0.15) is 0 Å². The first kappa shape index (κ1) is 19.3. The number of amides is 1. The number of aryl methyl sites for hydroxylation is 1. The number of thiazole rings is 1. The van der Waals surface area contributed by atoms with Crippen LogP contribution in [0.1, 0.15) is 30.5 Å². The number of nitrogens with zero attached hydrogens (tertiary/aromatic N) is 1. The third-order valence-electron chi connectivity index (χ3n) is 5.05. The van der Waals surface area contributed by atoms with Crippen molar-refractivity contribution in [1.82, 2.24) is 9.88 Å². The van der Waals surface area contributed by atoms with Crippen LogP contribution in [0.3, 0.4) is 0 Å². The van der Waals surface area contributed by atoms with Crippen molar-refractivity contribution in [2.45, 2.75) is 38.1 Å². The second-order valence-electron chi connectivity index (χ2n) is 6.72. The van der Waals surface area contributed by atoms with E-state index in [0.717, 1.165) is 23.0 Å². The summed E-state index contributed by atoms with van der Waals surface area (Å²) < 4.78 is 8.24. The van der Waals surface area contributed by atoms with E-state index >= 15 is 0 Å². The molecule has 5 nitrogen and oxygen atoms in total. The van der Waals surface area contributed by atoms with Gasteiger partial charge in [0.2, 0.25) is 5.91 Å². The standard InChI is InChI=1S/C19H23BrN2O3S/c1-14-12-26-18(24)22(14)8-5-17(23)21-13-19(6-9-25-10-7-19)15-3-2-4-16(20)11-15/h2-4,11-12H,5-10,13H2,1H3,(H,21,23). The van der Waals surface area contributed by atoms with Crippen LogP contribution in [-0.4, -0.2) is 30.2 Å². The Balaban J connectivity index is 1.64. The number of benzene rings is 1. The van der Waals surface area contributed by atoms with E-state index in [-0.39, 0.29) is 16.2 Å². The fourth-order valence-corrected chi connectivity index (χ4v) is 4.55. The molecule has 26 heavy (non-hydrogen) atoms. The highest BCUT2D eigenvalue weighted by Gasteiger charge is 2.34. The average molecular weight is 439 g/mol. The van der Waals surface area contributed by atoms with E-state index in [1.807, 2.05) is 24.4 Å². The third kappa shape index (κ3) is 4.45. The van der Waals surface area contributed by atoms with Gasteiger partial charge >= 0.3 is 4.87 Å². The van der Waals surface area contributed by atoms with E-state index in [1.54, 1.807) is 4.57 Å². The Bertz CT molecular complexity index is 824. The molecule has 0 radical (unpaired) electrons. The lowest BCUT2D eigenvalue weighted by Crippen LogP contribution is -2.44. The number of hydrogen-bond acceptors (Lipinski definition) is 4. The SMILES string of the molecule is Cc1csc(=O)n1CCC(=O)NCC1(c2cccc(Br)c2)CCOCC1. The molecule has 0 spiro atoms. The maximum absolute atomic E-state index is 12.4. The van der Waals surface area contributed by atoms with Crippen molar-refractivity contribution in [2.75, 3.05) is 19.8 Å². The predicted molar refractivity (Wildman–Crippen MR) is 107 cm³/mol. The summed E-state index contributed by atoms with van der Waals surface area (Å²) in [6.07, 6.45) is 2.07. The molecule has 0 aliphatic carbocycles. The van der Waals surface area contributed by atoms with E-state index in [4.69, 9.17) is 4.74 Å². The van der Waals surface area contributed by atoms with E-state index in [0.29, 0.717) is 32.7 Å². The van der Waals surface area contributed by atoms with Crippen molar-refractivity contribution in [3.63, 3.8) is 0 Å². The molecule has 3 rings (SSSR count). The Hall–Kier alpha value is -1.44. The topological polar surface area (TPSA) is 60.3 Å². The number of hydrogen-bond donors (Lipinski definition) is 1. The van der Waals surface area contributed by atoms with Gasteiger partial charge in [0.15, 0.2) is 0 Å². The van der Waals surface area contributed by atoms with E-state index in [9.17, 15) is 9.59 Å². The zero-order valence-electron chi connectivity index (χ0n) is 14.8. The first-order valence-corrected chi connectivity index (χ1v) is 10.4. The van der Waals surface area contributed by atoms with Crippen molar-refractivity contribution in [3.05, 3.63) is 55.0 Å². The molecule has 2 aromatic rings. The minimum Gasteiger partial charge on any atom is -0.381 e. The van der Waals surface area contributed by atoms with Crippen LogP contribution in [0.15, 0.2) is 38.9 Å². The minimum absolute atomic E-state index is 0.00895. The first-order chi connectivity index (χ1) is 12.5. The summed E-state index contributed by atoms with van der Waals surface area (Å²) in [5, 5.41) is 4.91. The van der Waals surface area contributed by atoms with Crippen LogP contribution in [0.2, 0.25) is 0 Å². The van der Waals surface area contributed by atoms with Gasteiger partial charge in [-0.15, -0.1) is 0 Å². The summed E-state index contributed by atoms with van der Waals surface area (Å²) in [5.74, 6) is -0.0247. The second-order valence-corrected chi connectivity index (χ2v) is 8.46. The second kappa shape index (κ2) is 8.50. The molecule has 7 heteroatoms. The van der Waals surface area contributed by atoms with Crippen molar-refractivity contribution < 1.29 is 9.53 Å². The molecule has 2 heterocycles. The summed E-state index contributed by atoms with van der Waals surface area (Å²) in [5.41, 5.74) is 2.02. The molecule has 1 aromatic carbocycles. The normalized spacial score (nSPS) is 16.4. The average Bonchev–Trinajstić information content (AvgIpc) is 2.97. The molecule has 1 aliphatic rings. The van der Waals surface area contributed by atoms with Gasteiger partial charge in [0.1, 0.15) is 0 Å². The number of carbonyl (C=O) groups excluding carboxylic acids is 1. The molecule has 0 unspecified atom stereocenters. The zero-order chi connectivity index (χ0) is 18.6. The van der Waals surface area contributed by atoms with Gasteiger partial charge in [0.25, 0.3) is 0 Å². The molecule has 1 fully saturated rings. The number of carbonyl (C=O) groups is 1. The summed E-state index contributed by atoms with van der Waals surface area (Å²) in [6, 6.07) is 8.29. The lowest BCUT2D eigenvalue weighted by Gasteiger charge is -2.38. The van der Waals surface area contributed by atoms with E-state index < -0.39 is 0 Å². The van der Waals surface area contributed by atoms with E-state index in [2.05, 4.69) is 33.4 Å². The molecule has 1 amide bonds. The molecule has 0 atom stereocenters. The summed E-state index contributed by atoms with van der Waals surface area (Å²) in [4.78, 5) is 24.1. The third-order valence-corrected chi connectivity index (χ3v) is 6.42. The summed E-state index contributed by atoms with van der Waals surface area (Å²) in [7, 11) is 0. The Morgan fingerprint density at radius 3 is 2.81 bits per heavy atom. The molecular formula is C19H23BrN2O3S. The van der Waals surface area contributed by atoms with Crippen molar-refractivity contribution in [3.8, 4) is 0 Å². The monoisotopic (exact) mass is 438 g/mol. The fourth-order valence-electron chi connectivity index (χ4n) is 3.39. The van der Waals surface area contributed by atoms with Gasteiger partial charge in [-0.1, -0.05) is 39.4 Å². The molecule has 140 valence electrons. The molecule has 1 saturated heterocycles. The number of ether oxygens (including phenoxy) is 1.